The summed E-state index contributed by atoms with van der Waals surface area (Å²) in [6.07, 6.45) is 3.04. The quantitative estimate of drug-likeness (QED) is 0.802. The number of amides is 1. The highest BCUT2D eigenvalue weighted by Gasteiger charge is 2.35. The molecule has 1 fully saturated rings. The van der Waals surface area contributed by atoms with Crippen LogP contribution in [0.5, 0.6) is 0 Å². The lowest BCUT2D eigenvalue weighted by atomic mass is 9.73. The summed E-state index contributed by atoms with van der Waals surface area (Å²) in [4.78, 5) is 13.7. The number of hydrogen-bond acceptors (Lipinski definition) is 3. The molecule has 1 N–H and O–H groups in total. The molecule has 1 saturated heterocycles. The van der Waals surface area contributed by atoms with Crippen molar-refractivity contribution < 1.29 is 4.79 Å². The highest BCUT2D eigenvalue weighted by atomic mass is 16.1. The van der Waals surface area contributed by atoms with Crippen LogP contribution in [0.4, 0.5) is 0 Å². The third-order valence-corrected chi connectivity index (χ3v) is 5.77. The van der Waals surface area contributed by atoms with E-state index in [1.54, 1.807) is 6.92 Å². The van der Waals surface area contributed by atoms with E-state index >= 15 is 0 Å². The molecule has 2 aromatic rings. The van der Waals surface area contributed by atoms with Crippen LogP contribution in [-0.4, -0.2) is 37.0 Å². The van der Waals surface area contributed by atoms with E-state index in [1.807, 2.05) is 36.4 Å². The lowest BCUT2D eigenvalue weighted by molar-refractivity contribution is -0.119. The van der Waals surface area contributed by atoms with Crippen LogP contribution in [-0.2, 0) is 10.2 Å². The predicted molar refractivity (Wildman–Crippen MR) is 112 cm³/mol. The first-order valence-corrected chi connectivity index (χ1v) is 10.1. The molecule has 4 nitrogen and oxygen atoms in total. The van der Waals surface area contributed by atoms with Crippen LogP contribution in [0.2, 0.25) is 0 Å². The first-order valence-electron chi connectivity index (χ1n) is 10.1. The van der Waals surface area contributed by atoms with Gasteiger partial charge in [-0.1, -0.05) is 60.7 Å². The van der Waals surface area contributed by atoms with E-state index in [9.17, 15) is 10.1 Å². The number of piperidine rings is 1. The third kappa shape index (κ3) is 4.79. The van der Waals surface area contributed by atoms with Crippen molar-refractivity contribution in [3.8, 4) is 6.07 Å². The Morgan fingerprint density at radius 1 is 1.14 bits per heavy atom. The van der Waals surface area contributed by atoms with Gasteiger partial charge in [0.2, 0.25) is 5.91 Å². The summed E-state index contributed by atoms with van der Waals surface area (Å²) in [5, 5.41) is 13.2. The van der Waals surface area contributed by atoms with Crippen LogP contribution < -0.4 is 5.32 Å². The van der Waals surface area contributed by atoms with Gasteiger partial charge >= 0.3 is 0 Å². The maximum absolute atomic E-state index is 11.2. The van der Waals surface area contributed by atoms with Crippen molar-refractivity contribution in [2.75, 3.05) is 26.2 Å². The average molecular weight is 376 g/mol. The van der Waals surface area contributed by atoms with Crippen molar-refractivity contribution in [2.45, 2.75) is 31.6 Å². The van der Waals surface area contributed by atoms with Crippen LogP contribution in [0.15, 0.2) is 60.7 Å². The monoisotopic (exact) mass is 375 g/mol. The molecule has 1 amide bonds. The van der Waals surface area contributed by atoms with E-state index in [2.05, 4.69) is 40.6 Å². The third-order valence-electron chi connectivity index (χ3n) is 5.77. The summed E-state index contributed by atoms with van der Waals surface area (Å²) in [6.45, 7) is 5.22. The van der Waals surface area contributed by atoms with Gasteiger partial charge in [0.05, 0.1) is 6.07 Å². The topological polar surface area (TPSA) is 56.1 Å². The van der Waals surface area contributed by atoms with Crippen LogP contribution in [0.1, 0.15) is 37.3 Å². The SMILES string of the molecule is CC(=O)NCC1CCCN(CCC(C#N)(c2ccccc2)c2ccccc2)C1. The van der Waals surface area contributed by atoms with Crippen molar-refractivity contribution in [2.24, 2.45) is 5.92 Å². The second-order valence-corrected chi connectivity index (χ2v) is 7.75. The highest BCUT2D eigenvalue weighted by molar-refractivity contribution is 5.72. The average Bonchev–Trinajstić information content (AvgIpc) is 2.75. The largest absolute Gasteiger partial charge is 0.356 e. The fraction of sp³-hybridized carbons (Fsp3) is 0.417. The molecule has 1 unspecified atom stereocenters. The van der Waals surface area contributed by atoms with Gasteiger partial charge in [-0.05, 0) is 42.9 Å². The van der Waals surface area contributed by atoms with Crippen molar-refractivity contribution in [1.82, 2.24) is 10.2 Å². The number of nitrogens with one attached hydrogen (secondary N) is 1. The molecule has 146 valence electrons. The summed E-state index contributed by atoms with van der Waals surface area (Å²) in [6, 6.07) is 22.9. The smallest absolute Gasteiger partial charge is 0.216 e. The van der Waals surface area contributed by atoms with Gasteiger partial charge in [-0.25, -0.2) is 0 Å². The molecule has 0 radical (unpaired) electrons. The fourth-order valence-corrected chi connectivity index (χ4v) is 4.22. The Labute approximate surface area is 168 Å². The first-order chi connectivity index (χ1) is 13.6. The fourth-order valence-electron chi connectivity index (χ4n) is 4.22. The standard InChI is InChI=1S/C24H29N3O/c1-20(28)26-17-21-9-8-15-27(18-21)16-14-24(19-25,22-10-4-2-5-11-22)23-12-6-3-7-13-23/h2-7,10-13,21H,8-9,14-18H2,1H3,(H,26,28). The van der Waals surface area contributed by atoms with Crippen LogP contribution in [0.25, 0.3) is 0 Å². The first kappa shape index (κ1) is 20.1. The van der Waals surface area contributed by atoms with Gasteiger partial charge in [0.15, 0.2) is 0 Å². The number of carbonyl (C=O) groups excluding carboxylic acids is 1. The molecule has 0 saturated carbocycles. The minimum absolute atomic E-state index is 0.0359. The zero-order valence-electron chi connectivity index (χ0n) is 16.6. The van der Waals surface area contributed by atoms with Gasteiger partial charge < -0.3 is 10.2 Å². The van der Waals surface area contributed by atoms with Gasteiger partial charge in [0.1, 0.15) is 5.41 Å². The van der Waals surface area contributed by atoms with Gasteiger partial charge in [0, 0.05) is 26.6 Å². The Morgan fingerprint density at radius 3 is 2.29 bits per heavy atom. The van der Waals surface area contributed by atoms with Gasteiger partial charge in [-0.2, -0.15) is 5.26 Å². The Bertz CT molecular complexity index is 758. The van der Waals surface area contributed by atoms with Crippen LogP contribution in [0, 0.1) is 17.2 Å². The lowest BCUT2D eigenvalue weighted by Crippen LogP contribution is -2.42. The van der Waals surface area contributed by atoms with E-state index in [4.69, 9.17) is 0 Å². The molecule has 0 bridgehead atoms. The number of likely N-dealkylation sites (tertiary alicyclic amines) is 1. The molecule has 4 heteroatoms. The summed E-state index contributed by atoms with van der Waals surface area (Å²) < 4.78 is 0. The van der Waals surface area contributed by atoms with Crippen molar-refractivity contribution in [1.29, 1.82) is 5.26 Å². The zero-order chi connectivity index (χ0) is 19.8. The molecule has 1 aliphatic heterocycles. The number of nitriles is 1. The molecule has 0 aliphatic carbocycles. The van der Waals surface area contributed by atoms with E-state index in [0.717, 1.165) is 56.6 Å². The minimum Gasteiger partial charge on any atom is -0.356 e. The van der Waals surface area contributed by atoms with Crippen LogP contribution >= 0.6 is 0 Å². The maximum Gasteiger partial charge on any atom is 0.216 e. The van der Waals surface area contributed by atoms with Crippen LogP contribution in [0.3, 0.4) is 0 Å². The Kier molecular flexibility index (Phi) is 6.84. The summed E-state index contributed by atoms with van der Waals surface area (Å²) in [7, 11) is 0. The number of benzene rings is 2. The second-order valence-electron chi connectivity index (χ2n) is 7.75. The Balaban J connectivity index is 1.76. The number of hydrogen-bond donors (Lipinski definition) is 1. The molecule has 1 atom stereocenters. The van der Waals surface area contributed by atoms with Gasteiger partial charge in [-0.3, -0.25) is 4.79 Å². The molecule has 1 aliphatic rings. The molecule has 28 heavy (non-hydrogen) atoms. The zero-order valence-corrected chi connectivity index (χ0v) is 16.6. The van der Waals surface area contributed by atoms with Crippen molar-refractivity contribution >= 4 is 5.91 Å². The summed E-state index contributed by atoms with van der Waals surface area (Å²) in [5.74, 6) is 0.524. The van der Waals surface area contributed by atoms with E-state index < -0.39 is 5.41 Å². The predicted octanol–water partition coefficient (Wildman–Crippen LogP) is 3.73. The molecule has 0 aromatic heterocycles. The highest BCUT2D eigenvalue weighted by Crippen LogP contribution is 2.35. The molecular formula is C24H29N3O. The van der Waals surface area contributed by atoms with Crippen molar-refractivity contribution in [3.05, 3.63) is 71.8 Å². The molecule has 1 heterocycles. The second kappa shape index (κ2) is 9.52. The number of nitrogens with zero attached hydrogens (tertiary/aromatic N) is 2. The lowest BCUT2D eigenvalue weighted by Gasteiger charge is -2.36. The Morgan fingerprint density at radius 2 is 1.75 bits per heavy atom. The Hall–Kier alpha value is -2.64. The molecular weight excluding hydrogens is 346 g/mol. The maximum atomic E-state index is 11.2. The van der Waals surface area contributed by atoms with Gasteiger partial charge in [0.25, 0.3) is 0 Å². The summed E-state index contributed by atoms with van der Waals surface area (Å²) in [5.41, 5.74) is 1.46. The number of carbonyl (C=O) groups is 1. The van der Waals surface area contributed by atoms with E-state index in [1.165, 1.54) is 0 Å². The minimum atomic E-state index is -0.646. The molecule has 2 aromatic carbocycles. The summed E-state index contributed by atoms with van der Waals surface area (Å²) >= 11 is 0. The van der Waals surface area contributed by atoms with E-state index in [-0.39, 0.29) is 5.91 Å². The van der Waals surface area contributed by atoms with E-state index in [0.29, 0.717) is 5.92 Å². The molecule has 3 rings (SSSR count). The van der Waals surface area contributed by atoms with Gasteiger partial charge in [-0.15, -0.1) is 0 Å². The molecule has 0 spiro atoms. The number of rotatable bonds is 7. The van der Waals surface area contributed by atoms with Crippen molar-refractivity contribution in [3.63, 3.8) is 0 Å². The normalized spacial score (nSPS) is 17.6.